The molecule has 2 rings (SSSR count). The molecule has 1 atom stereocenters. The van der Waals surface area contributed by atoms with Crippen molar-refractivity contribution in [2.75, 3.05) is 0 Å². The fraction of sp³-hybridized carbons (Fsp3) is 0.462. The van der Waals surface area contributed by atoms with Gasteiger partial charge in [-0.05, 0) is 36.1 Å². The van der Waals surface area contributed by atoms with Crippen LogP contribution in [-0.2, 0) is 16.6 Å². The molecular weight excluding hydrogens is 207 g/mol. The molecule has 0 fully saturated rings. The second-order valence-electron chi connectivity index (χ2n) is 4.95. The summed E-state index contributed by atoms with van der Waals surface area (Å²) >= 11 is 0. The smallest absolute Gasteiger partial charge is 0.307 e. The van der Waals surface area contributed by atoms with Crippen molar-refractivity contribution in [1.82, 2.24) is 0 Å². The van der Waals surface area contributed by atoms with Crippen molar-refractivity contribution in [2.45, 2.75) is 32.1 Å². The molecule has 3 heteroatoms. The van der Waals surface area contributed by atoms with Crippen molar-refractivity contribution < 1.29 is 14.3 Å². The van der Waals surface area contributed by atoms with Gasteiger partial charge in [-0.15, -0.1) is 0 Å². The Bertz CT molecular complexity index is 438. The van der Waals surface area contributed by atoms with Crippen molar-refractivity contribution in [3.05, 3.63) is 35.1 Å². The van der Waals surface area contributed by atoms with Crippen LogP contribution in [0, 0.1) is 11.7 Å². The normalized spacial score (nSPS) is 22.6. The Morgan fingerprint density at radius 2 is 2.19 bits per heavy atom. The molecule has 0 saturated heterocycles. The summed E-state index contributed by atoms with van der Waals surface area (Å²) in [5, 5.41) is 9.17. The average Bonchev–Trinajstić information content (AvgIpc) is 2.18. The summed E-state index contributed by atoms with van der Waals surface area (Å²) in [5.74, 6) is -1.51. The van der Waals surface area contributed by atoms with E-state index in [1.165, 1.54) is 12.1 Å². The van der Waals surface area contributed by atoms with Crippen molar-refractivity contribution in [2.24, 2.45) is 5.92 Å². The Labute approximate surface area is 94.1 Å². The van der Waals surface area contributed by atoms with E-state index in [2.05, 4.69) is 0 Å². The van der Waals surface area contributed by atoms with E-state index in [1.807, 2.05) is 13.8 Å². The molecule has 1 aromatic carbocycles. The van der Waals surface area contributed by atoms with Crippen molar-refractivity contribution >= 4 is 5.97 Å². The summed E-state index contributed by atoms with van der Waals surface area (Å²) in [5.41, 5.74) is 1.41. The lowest BCUT2D eigenvalue weighted by Gasteiger charge is -2.38. The molecule has 16 heavy (non-hydrogen) atoms. The molecular formula is C13H15FO2. The molecule has 1 aliphatic carbocycles. The number of halogens is 1. The lowest BCUT2D eigenvalue weighted by molar-refractivity contribution is -0.144. The zero-order valence-electron chi connectivity index (χ0n) is 9.46. The van der Waals surface area contributed by atoms with Gasteiger partial charge < -0.3 is 5.11 Å². The van der Waals surface area contributed by atoms with Crippen LogP contribution in [0.15, 0.2) is 18.2 Å². The van der Waals surface area contributed by atoms with Crippen LogP contribution in [-0.4, -0.2) is 11.1 Å². The van der Waals surface area contributed by atoms with Crippen LogP contribution in [0.2, 0.25) is 0 Å². The molecule has 86 valence electrons. The lowest BCUT2D eigenvalue weighted by Crippen LogP contribution is -2.39. The van der Waals surface area contributed by atoms with Gasteiger partial charge in [0.05, 0.1) is 5.92 Å². The summed E-state index contributed by atoms with van der Waals surface area (Å²) < 4.78 is 13.2. The molecule has 1 aromatic rings. The first-order valence-corrected chi connectivity index (χ1v) is 5.44. The van der Waals surface area contributed by atoms with Crippen LogP contribution in [0.4, 0.5) is 4.39 Å². The molecule has 1 N–H and O–H groups in total. The van der Waals surface area contributed by atoms with E-state index in [9.17, 15) is 14.3 Å². The number of benzene rings is 1. The first-order chi connectivity index (χ1) is 7.43. The monoisotopic (exact) mass is 222 g/mol. The fourth-order valence-corrected chi connectivity index (χ4v) is 2.65. The summed E-state index contributed by atoms with van der Waals surface area (Å²) in [6.07, 6.45) is 1.34. The maximum absolute atomic E-state index is 13.2. The standard InChI is InChI=1S/C13H15FO2/c1-13(2)10(12(15)16)6-4-8-3-5-9(14)7-11(8)13/h3,5,7,10H,4,6H2,1-2H3,(H,15,16). The Balaban J connectivity index is 2.53. The summed E-state index contributed by atoms with van der Waals surface area (Å²) in [6, 6.07) is 4.69. The van der Waals surface area contributed by atoms with E-state index in [0.29, 0.717) is 6.42 Å². The minimum Gasteiger partial charge on any atom is -0.481 e. The highest BCUT2D eigenvalue weighted by molar-refractivity contribution is 5.73. The number of aliphatic carboxylic acids is 1. The first kappa shape index (κ1) is 11.1. The number of aryl methyl sites for hydroxylation is 1. The Hall–Kier alpha value is -1.38. The predicted molar refractivity (Wildman–Crippen MR) is 58.9 cm³/mol. The van der Waals surface area contributed by atoms with Gasteiger partial charge in [-0.2, -0.15) is 0 Å². The summed E-state index contributed by atoms with van der Waals surface area (Å²) in [7, 11) is 0. The van der Waals surface area contributed by atoms with Gasteiger partial charge >= 0.3 is 5.97 Å². The molecule has 1 unspecified atom stereocenters. The van der Waals surface area contributed by atoms with Crippen molar-refractivity contribution in [1.29, 1.82) is 0 Å². The van der Waals surface area contributed by atoms with Gasteiger partial charge in [0, 0.05) is 5.41 Å². The van der Waals surface area contributed by atoms with Crippen LogP contribution in [0.5, 0.6) is 0 Å². The number of rotatable bonds is 1. The first-order valence-electron chi connectivity index (χ1n) is 5.44. The minimum absolute atomic E-state index is 0.294. The number of carbonyl (C=O) groups is 1. The van der Waals surface area contributed by atoms with Gasteiger partial charge in [0.2, 0.25) is 0 Å². The zero-order valence-corrected chi connectivity index (χ0v) is 9.46. The Kier molecular flexibility index (Phi) is 2.49. The van der Waals surface area contributed by atoms with Gasteiger partial charge in [-0.3, -0.25) is 4.79 Å². The number of hydrogen-bond donors (Lipinski definition) is 1. The lowest BCUT2D eigenvalue weighted by atomic mass is 9.65. The average molecular weight is 222 g/mol. The molecule has 0 heterocycles. The maximum atomic E-state index is 13.2. The molecule has 0 saturated carbocycles. The summed E-state index contributed by atoms with van der Waals surface area (Å²) in [6.45, 7) is 3.76. The topological polar surface area (TPSA) is 37.3 Å². The van der Waals surface area contributed by atoms with Crippen LogP contribution >= 0.6 is 0 Å². The minimum atomic E-state index is -0.792. The van der Waals surface area contributed by atoms with Crippen LogP contribution in [0.25, 0.3) is 0 Å². The van der Waals surface area contributed by atoms with Crippen molar-refractivity contribution in [3.63, 3.8) is 0 Å². The molecule has 0 aliphatic heterocycles. The Morgan fingerprint density at radius 3 is 2.81 bits per heavy atom. The fourth-order valence-electron chi connectivity index (χ4n) is 2.65. The molecule has 0 radical (unpaired) electrons. The molecule has 0 amide bonds. The van der Waals surface area contributed by atoms with Crippen LogP contribution in [0.3, 0.4) is 0 Å². The van der Waals surface area contributed by atoms with Gasteiger partial charge in [-0.1, -0.05) is 19.9 Å². The molecule has 0 spiro atoms. The zero-order chi connectivity index (χ0) is 11.9. The van der Waals surface area contributed by atoms with E-state index in [1.54, 1.807) is 6.07 Å². The van der Waals surface area contributed by atoms with E-state index in [0.717, 1.165) is 17.5 Å². The molecule has 2 nitrogen and oxygen atoms in total. The third-order valence-corrected chi connectivity index (χ3v) is 3.64. The maximum Gasteiger partial charge on any atom is 0.307 e. The third-order valence-electron chi connectivity index (χ3n) is 3.64. The number of hydrogen-bond acceptors (Lipinski definition) is 1. The molecule has 1 aliphatic rings. The molecule has 0 aromatic heterocycles. The highest BCUT2D eigenvalue weighted by Gasteiger charge is 2.40. The summed E-state index contributed by atoms with van der Waals surface area (Å²) in [4.78, 5) is 11.2. The number of fused-ring (bicyclic) bond motifs is 1. The van der Waals surface area contributed by atoms with Gasteiger partial charge in [0.1, 0.15) is 5.82 Å². The largest absolute Gasteiger partial charge is 0.481 e. The van der Waals surface area contributed by atoms with Gasteiger partial charge in [0.15, 0.2) is 0 Å². The molecule has 0 bridgehead atoms. The quantitative estimate of drug-likeness (QED) is 0.793. The highest BCUT2D eigenvalue weighted by atomic mass is 19.1. The Morgan fingerprint density at radius 1 is 1.50 bits per heavy atom. The van der Waals surface area contributed by atoms with E-state index in [4.69, 9.17) is 0 Å². The SMILES string of the molecule is CC1(C)c2cc(F)ccc2CCC1C(=O)O. The second kappa shape index (κ2) is 3.58. The van der Waals surface area contributed by atoms with Crippen molar-refractivity contribution in [3.8, 4) is 0 Å². The second-order valence-corrected chi connectivity index (χ2v) is 4.95. The van der Waals surface area contributed by atoms with Gasteiger partial charge in [0.25, 0.3) is 0 Å². The number of carboxylic acids is 1. The van der Waals surface area contributed by atoms with Crippen LogP contribution in [0.1, 0.15) is 31.4 Å². The highest BCUT2D eigenvalue weighted by Crippen LogP contribution is 2.41. The number of carboxylic acid groups (broad SMARTS) is 1. The van der Waals surface area contributed by atoms with E-state index < -0.39 is 17.3 Å². The van der Waals surface area contributed by atoms with E-state index in [-0.39, 0.29) is 5.82 Å². The van der Waals surface area contributed by atoms with E-state index >= 15 is 0 Å². The van der Waals surface area contributed by atoms with Gasteiger partial charge in [-0.25, -0.2) is 4.39 Å². The predicted octanol–water partition coefficient (Wildman–Crippen LogP) is 2.75. The third kappa shape index (κ3) is 1.60. The van der Waals surface area contributed by atoms with Crippen LogP contribution < -0.4 is 0 Å².